The molecule has 4 rings (SSSR count). The van der Waals surface area contributed by atoms with Crippen molar-refractivity contribution in [2.45, 2.75) is 70.8 Å². The molecular formula is C30H41N5O. The third-order valence-corrected chi connectivity index (χ3v) is 7.27. The summed E-state index contributed by atoms with van der Waals surface area (Å²) in [6.45, 7) is 2.97. The van der Waals surface area contributed by atoms with Crippen LogP contribution < -0.4 is 15.5 Å². The summed E-state index contributed by atoms with van der Waals surface area (Å²) < 4.78 is 0. The van der Waals surface area contributed by atoms with Crippen molar-refractivity contribution in [1.82, 2.24) is 15.3 Å². The third-order valence-electron chi connectivity index (χ3n) is 7.27. The molecule has 192 valence electrons. The van der Waals surface area contributed by atoms with Crippen LogP contribution in [-0.2, 0) is 6.42 Å². The number of hydrogen-bond acceptors (Lipinski definition) is 5. The Morgan fingerprint density at radius 2 is 1.69 bits per heavy atom. The van der Waals surface area contributed by atoms with Crippen LogP contribution in [0.25, 0.3) is 10.9 Å². The lowest BCUT2D eigenvalue weighted by Gasteiger charge is -2.29. The van der Waals surface area contributed by atoms with E-state index in [9.17, 15) is 4.79 Å². The van der Waals surface area contributed by atoms with E-state index in [1.54, 1.807) is 0 Å². The number of carbonyl (C=O) groups is 1. The van der Waals surface area contributed by atoms with Crippen LogP contribution in [0.5, 0.6) is 0 Å². The maximum atomic E-state index is 12.7. The van der Waals surface area contributed by atoms with Crippen molar-refractivity contribution in [3.63, 3.8) is 0 Å². The van der Waals surface area contributed by atoms with Crippen molar-refractivity contribution < 1.29 is 4.79 Å². The Morgan fingerprint density at radius 1 is 0.944 bits per heavy atom. The Labute approximate surface area is 215 Å². The van der Waals surface area contributed by atoms with Gasteiger partial charge in [0.15, 0.2) is 0 Å². The number of anilines is 2. The second-order valence-corrected chi connectivity index (χ2v) is 10.4. The lowest BCUT2D eigenvalue weighted by molar-refractivity contribution is 0.0943. The minimum absolute atomic E-state index is 0.0357. The fraction of sp³-hybridized carbons (Fsp3) is 0.500. The molecule has 6 heteroatoms. The van der Waals surface area contributed by atoms with E-state index >= 15 is 0 Å². The number of nitrogens with one attached hydrogen (secondary N) is 2. The molecule has 0 atom stereocenters. The molecule has 1 saturated carbocycles. The molecule has 0 bridgehead atoms. The highest BCUT2D eigenvalue weighted by molar-refractivity contribution is 5.94. The van der Waals surface area contributed by atoms with E-state index < -0.39 is 0 Å². The van der Waals surface area contributed by atoms with E-state index in [1.165, 1.54) is 31.2 Å². The average molecular weight is 488 g/mol. The third kappa shape index (κ3) is 6.96. The summed E-state index contributed by atoms with van der Waals surface area (Å²) in [4.78, 5) is 24.2. The fourth-order valence-corrected chi connectivity index (χ4v) is 5.08. The normalized spacial score (nSPS) is 17.6. The van der Waals surface area contributed by atoms with E-state index in [1.807, 2.05) is 49.3 Å². The van der Waals surface area contributed by atoms with Crippen molar-refractivity contribution >= 4 is 28.6 Å². The van der Waals surface area contributed by atoms with Gasteiger partial charge < -0.3 is 15.5 Å². The molecule has 1 aromatic heterocycles. The lowest BCUT2D eigenvalue weighted by Crippen LogP contribution is -2.34. The highest BCUT2D eigenvalue weighted by atomic mass is 16.1. The molecule has 3 aromatic rings. The van der Waals surface area contributed by atoms with Crippen LogP contribution in [0.2, 0.25) is 0 Å². The molecule has 1 amide bonds. The van der Waals surface area contributed by atoms with Gasteiger partial charge in [-0.15, -0.1) is 0 Å². The molecule has 1 aliphatic carbocycles. The number of aryl methyl sites for hydroxylation is 1. The zero-order valence-electron chi connectivity index (χ0n) is 22.1. The van der Waals surface area contributed by atoms with Crippen molar-refractivity contribution in [1.29, 1.82) is 0 Å². The van der Waals surface area contributed by atoms with Crippen molar-refractivity contribution in [3.8, 4) is 0 Å². The van der Waals surface area contributed by atoms with E-state index in [0.29, 0.717) is 17.9 Å². The van der Waals surface area contributed by atoms with Crippen molar-refractivity contribution in [2.24, 2.45) is 5.92 Å². The zero-order valence-corrected chi connectivity index (χ0v) is 22.1. The van der Waals surface area contributed by atoms with Gasteiger partial charge >= 0.3 is 0 Å². The Balaban J connectivity index is 1.23. The minimum atomic E-state index is 0.0357. The smallest absolute Gasteiger partial charge is 0.251 e. The van der Waals surface area contributed by atoms with Gasteiger partial charge in [0, 0.05) is 37.6 Å². The number of unbranched alkanes of at least 4 members (excludes halogenated alkanes) is 3. The van der Waals surface area contributed by atoms with Gasteiger partial charge in [-0.1, -0.05) is 50.5 Å². The van der Waals surface area contributed by atoms with Gasteiger partial charge in [-0.25, -0.2) is 4.98 Å². The van der Waals surface area contributed by atoms with E-state index in [4.69, 9.17) is 9.97 Å². The molecule has 1 heterocycles. The number of amides is 1. The van der Waals surface area contributed by atoms with Gasteiger partial charge in [0.25, 0.3) is 5.91 Å². The number of aromatic nitrogens is 2. The summed E-state index contributed by atoms with van der Waals surface area (Å²) in [6.07, 6.45) is 10.4. The Kier molecular flexibility index (Phi) is 9.15. The van der Waals surface area contributed by atoms with Gasteiger partial charge in [-0.3, -0.25) is 4.79 Å². The number of benzene rings is 2. The van der Waals surface area contributed by atoms with Crippen LogP contribution in [0.4, 0.5) is 11.8 Å². The van der Waals surface area contributed by atoms with Crippen LogP contribution in [0, 0.1) is 5.92 Å². The summed E-state index contributed by atoms with van der Waals surface area (Å²) in [5.74, 6) is 2.18. The summed E-state index contributed by atoms with van der Waals surface area (Å²) in [5, 5.41) is 7.80. The van der Waals surface area contributed by atoms with E-state index in [-0.39, 0.29) is 5.91 Å². The molecule has 0 saturated heterocycles. The van der Waals surface area contributed by atoms with Crippen LogP contribution in [0.1, 0.15) is 74.2 Å². The molecule has 1 aliphatic rings. The second kappa shape index (κ2) is 12.7. The van der Waals surface area contributed by atoms with Gasteiger partial charge in [0.1, 0.15) is 5.82 Å². The first-order valence-electron chi connectivity index (χ1n) is 13.6. The topological polar surface area (TPSA) is 70.2 Å². The number of nitrogens with zero attached hydrogens (tertiary/aromatic N) is 3. The summed E-state index contributed by atoms with van der Waals surface area (Å²) >= 11 is 0. The maximum Gasteiger partial charge on any atom is 0.251 e. The molecule has 2 aromatic carbocycles. The highest BCUT2D eigenvalue weighted by Crippen LogP contribution is 2.28. The number of fused-ring (bicyclic) bond motifs is 1. The zero-order chi connectivity index (χ0) is 25.3. The number of para-hydroxylation sites is 1. The molecule has 1 fully saturated rings. The fourth-order valence-electron chi connectivity index (χ4n) is 5.08. The van der Waals surface area contributed by atoms with Crippen LogP contribution in [0.3, 0.4) is 0 Å². The minimum Gasteiger partial charge on any atom is -0.362 e. The van der Waals surface area contributed by atoms with Gasteiger partial charge in [-0.2, -0.15) is 4.98 Å². The molecular weight excluding hydrogens is 446 g/mol. The van der Waals surface area contributed by atoms with Crippen LogP contribution in [-0.4, -0.2) is 42.6 Å². The molecule has 0 radical (unpaired) electrons. The number of rotatable bonds is 11. The van der Waals surface area contributed by atoms with Crippen molar-refractivity contribution in [3.05, 3.63) is 59.7 Å². The number of hydrogen-bond donors (Lipinski definition) is 2. The largest absolute Gasteiger partial charge is 0.362 e. The first-order valence-corrected chi connectivity index (χ1v) is 13.6. The van der Waals surface area contributed by atoms with Gasteiger partial charge in [0.2, 0.25) is 5.95 Å². The second-order valence-electron chi connectivity index (χ2n) is 10.4. The molecule has 0 aliphatic heterocycles. The predicted molar refractivity (Wildman–Crippen MR) is 150 cm³/mol. The Hall–Kier alpha value is -3.15. The maximum absolute atomic E-state index is 12.7. The van der Waals surface area contributed by atoms with Crippen molar-refractivity contribution in [2.75, 3.05) is 30.9 Å². The first-order chi connectivity index (χ1) is 17.5. The summed E-state index contributed by atoms with van der Waals surface area (Å²) in [5.41, 5.74) is 3.04. The monoisotopic (exact) mass is 487 g/mol. The Morgan fingerprint density at radius 3 is 2.42 bits per heavy atom. The molecule has 0 unspecified atom stereocenters. The van der Waals surface area contributed by atoms with Crippen LogP contribution >= 0.6 is 0 Å². The molecule has 2 N–H and O–H groups in total. The SMILES string of the molecule is CCCCCCc1ccc(C(=O)NC[C@H]2CC[C@@H](Nc3nc(N(C)C)c4ccccc4n3)CC2)cc1. The Bertz CT molecular complexity index is 1120. The van der Waals surface area contributed by atoms with Gasteiger partial charge in [0.05, 0.1) is 5.52 Å². The van der Waals surface area contributed by atoms with Gasteiger partial charge in [-0.05, 0) is 74.3 Å². The summed E-state index contributed by atoms with van der Waals surface area (Å²) in [6, 6.07) is 16.7. The highest BCUT2D eigenvalue weighted by Gasteiger charge is 2.23. The number of carbonyl (C=O) groups excluding carboxylic acids is 1. The average Bonchev–Trinajstić information content (AvgIpc) is 2.90. The summed E-state index contributed by atoms with van der Waals surface area (Å²) in [7, 11) is 4.03. The van der Waals surface area contributed by atoms with E-state index in [0.717, 1.165) is 60.9 Å². The quantitative estimate of drug-likeness (QED) is 0.314. The molecule has 6 nitrogen and oxygen atoms in total. The standard InChI is InChI=1S/C30H41N5O/c1-4-5-6-7-10-22-13-17-24(18-14-22)29(36)31-21-23-15-19-25(20-16-23)32-30-33-27-12-9-8-11-26(27)28(34-30)35(2)3/h8-9,11-14,17-18,23,25H,4-7,10,15-16,19-21H2,1-3H3,(H,31,36)(H,32,33,34)/t23-,25+. The van der Waals surface area contributed by atoms with E-state index in [2.05, 4.69) is 35.8 Å². The molecule has 36 heavy (non-hydrogen) atoms. The van der Waals surface area contributed by atoms with Crippen LogP contribution in [0.15, 0.2) is 48.5 Å². The predicted octanol–water partition coefficient (Wildman–Crippen LogP) is 6.22. The lowest BCUT2D eigenvalue weighted by atomic mass is 9.86. The molecule has 0 spiro atoms. The first kappa shape index (κ1) is 25.9.